The largest absolute Gasteiger partial charge is 0.490 e. The normalized spacial score (nSPS) is 23.3. The molecule has 0 radical (unpaired) electrons. The van der Waals surface area contributed by atoms with Gasteiger partial charge >= 0.3 is 0 Å². The number of aromatic nitrogens is 2. The zero-order valence-corrected chi connectivity index (χ0v) is 28.4. The number of rotatable bonds is 8. The van der Waals surface area contributed by atoms with Crippen molar-refractivity contribution in [3.8, 4) is 5.75 Å². The number of benzene rings is 2. The molecule has 1 aromatic heterocycles. The summed E-state index contributed by atoms with van der Waals surface area (Å²) in [5.41, 5.74) is 5.23. The number of carbonyl (C=O) groups excluding carboxylic acids is 2. The van der Waals surface area contributed by atoms with Crippen molar-refractivity contribution in [3.63, 3.8) is 0 Å². The fourth-order valence-corrected chi connectivity index (χ4v) is 7.56. The molecule has 2 aromatic carbocycles. The van der Waals surface area contributed by atoms with Gasteiger partial charge in [-0.3, -0.25) is 24.6 Å². The smallest absolute Gasteiger partial charge is 0.282 e. The van der Waals surface area contributed by atoms with E-state index in [-0.39, 0.29) is 35.4 Å². The van der Waals surface area contributed by atoms with E-state index in [2.05, 4.69) is 72.8 Å². The molecule has 0 aliphatic carbocycles. The van der Waals surface area contributed by atoms with Gasteiger partial charge in [-0.1, -0.05) is 30.3 Å². The number of hydrogen-bond acceptors (Lipinski definition) is 8. The Morgan fingerprint density at radius 3 is 2.52 bits per heavy atom. The lowest BCUT2D eigenvalue weighted by atomic mass is 9.87. The van der Waals surface area contributed by atoms with E-state index >= 15 is 0 Å². The van der Waals surface area contributed by atoms with Gasteiger partial charge in [-0.25, -0.2) is 4.68 Å². The third-order valence-electron chi connectivity index (χ3n) is 9.63. The van der Waals surface area contributed by atoms with Crippen LogP contribution in [0.15, 0.2) is 57.9 Å². The van der Waals surface area contributed by atoms with E-state index in [0.717, 1.165) is 74.6 Å². The second-order valence-electron chi connectivity index (χ2n) is 13.2. The first-order valence-electron chi connectivity index (χ1n) is 16.2. The van der Waals surface area contributed by atoms with Crippen LogP contribution in [0.25, 0.3) is 0 Å². The standard InChI is InChI=1S/C35H43BrN6O4/c1-22-4-9-28(17-30(22)29-10-11-32(43)39-34(29)44)46-27-12-14-42(15-13-27)19-23-5-7-24(8-6-23)25-16-26(21-40(2)20-25)38-31-18-37-41(3)35(45)33(31)36/h4-9,17-18,25-27,29,38H,10-16,19-21H2,1-3H3,(H,39,43,44)/t25-,26+,29?/m1/s1. The number of ether oxygens (including phenoxy) is 1. The van der Waals surface area contributed by atoms with Crippen molar-refractivity contribution in [2.75, 3.05) is 38.5 Å². The molecule has 3 fully saturated rings. The van der Waals surface area contributed by atoms with E-state index in [4.69, 9.17) is 4.74 Å². The summed E-state index contributed by atoms with van der Waals surface area (Å²) >= 11 is 3.44. The summed E-state index contributed by atoms with van der Waals surface area (Å²) in [7, 11) is 3.80. The van der Waals surface area contributed by atoms with Crippen molar-refractivity contribution in [2.24, 2.45) is 7.05 Å². The van der Waals surface area contributed by atoms with Crippen LogP contribution in [0.5, 0.6) is 5.75 Å². The van der Waals surface area contributed by atoms with Gasteiger partial charge in [0.05, 0.1) is 17.8 Å². The molecule has 4 heterocycles. The number of carbonyl (C=O) groups is 2. The van der Waals surface area contributed by atoms with E-state index in [1.54, 1.807) is 13.2 Å². The Kier molecular flexibility index (Phi) is 9.91. The van der Waals surface area contributed by atoms with Crippen LogP contribution in [0.2, 0.25) is 0 Å². The number of anilines is 1. The van der Waals surface area contributed by atoms with E-state index in [1.807, 2.05) is 25.1 Å². The fraction of sp³-hybridized carbons (Fsp3) is 0.486. The number of halogens is 1. The van der Waals surface area contributed by atoms with Crippen molar-refractivity contribution in [3.05, 3.63) is 85.7 Å². The maximum absolute atomic E-state index is 12.5. The number of imide groups is 1. The molecule has 3 aliphatic rings. The molecule has 11 heteroatoms. The Morgan fingerprint density at radius 1 is 1.02 bits per heavy atom. The van der Waals surface area contributed by atoms with E-state index in [9.17, 15) is 14.4 Å². The van der Waals surface area contributed by atoms with Crippen LogP contribution >= 0.6 is 15.9 Å². The number of likely N-dealkylation sites (tertiary alicyclic amines) is 2. The molecule has 0 spiro atoms. The average molecular weight is 692 g/mol. The molecule has 0 bridgehead atoms. The second-order valence-corrected chi connectivity index (χ2v) is 13.9. The molecule has 6 rings (SSSR count). The molecule has 3 atom stereocenters. The second kappa shape index (κ2) is 14.1. The SMILES string of the molecule is Cc1ccc(OC2CCN(Cc3ccc([C@@H]4C[C@H](Nc5cnn(C)c(=O)c5Br)CN(C)C4)cc3)CC2)cc1C1CCC(=O)NC1=O. The van der Waals surface area contributed by atoms with Crippen molar-refractivity contribution in [1.82, 2.24) is 24.9 Å². The van der Waals surface area contributed by atoms with Gasteiger partial charge in [0.25, 0.3) is 5.56 Å². The molecule has 2 N–H and O–H groups in total. The zero-order valence-electron chi connectivity index (χ0n) is 26.8. The van der Waals surface area contributed by atoms with Crippen LogP contribution in [-0.4, -0.2) is 76.8 Å². The molecule has 3 aromatic rings. The number of aryl methyl sites for hydroxylation is 2. The predicted molar refractivity (Wildman–Crippen MR) is 181 cm³/mol. The van der Waals surface area contributed by atoms with E-state index in [0.29, 0.717) is 23.2 Å². The summed E-state index contributed by atoms with van der Waals surface area (Å²) in [5, 5.41) is 10.2. The van der Waals surface area contributed by atoms with Crippen molar-refractivity contribution >= 4 is 33.4 Å². The Balaban J connectivity index is 1.00. The van der Waals surface area contributed by atoms with Crippen molar-refractivity contribution < 1.29 is 14.3 Å². The van der Waals surface area contributed by atoms with Crippen LogP contribution in [0, 0.1) is 6.92 Å². The first-order chi connectivity index (χ1) is 22.1. The van der Waals surface area contributed by atoms with Crippen LogP contribution in [0.3, 0.4) is 0 Å². The maximum Gasteiger partial charge on any atom is 0.282 e. The highest BCUT2D eigenvalue weighted by atomic mass is 79.9. The third-order valence-corrected chi connectivity index (χ3v) is 10.4. The summed E-state index contributed by atoms with van der Waals surface area (Å²) < 4.78 is 8.24. The summed E-state index contributed by atoms with van der Waals surface area (Å²) in [4.78, 5) is 41.2. The first kappa shape index (κ1) is 32.4. The Morgan fingerprint density at radius 2 is 1.78 bits per heavy atom. The molecule has 3 saturated heterocycles. The van der Waals surface area contributed by atoms with Gasteiger partial charge < -0.3 is 15.0 Å². The topological polar surface area (TPSA) is 109 Å². The van der Waals surface area contributed by atoms with Crippen LogP contribution in [0.4, 0.5) is 5.69 Å². The van der Waals surface area contributed by atoms with Crippen LogP contribution in [-0.2, 0) is 23.2 Å². The summed E-state index contributed by atoms with van der Waals surface area (Å²) in [6.45, 7) is 6.75. The van der Waals surface area contributed by atoms with Crippen molar-refractivity contribution in [2.45, 2.75) is 69.6 Å². The van der Waals surface area contributed by atoms with E-state index < -0.39 is 0 Å². The van der Waals surface area contributed by atoms with Gasteiger partial charge in [-0.2, -0.15) is 5.10 Å². The summed E-state index contributed by atoms with van der Waals surface area (Å²) in [5.74, 6) is 0.474. The first-order valence-corrected chi connectivity index (χ1v) is 17.0. The minimum atomic E-state index is -0.308. The molecule has 2 amide bonds. The number of nitrogens with one attached hydrogen (secondary N) is 2. The fourth-order valence-electron chi connectivity index (χ4n) is 7.09. The van der Waals surface area contributed by atoms with E-state index in [1.165, 1.54) is 15.8 Å². The lowest BCUT2D eigenvalue weighted by Gasteiger charge is -2.37. The number of hydrogen-bond donors (Lipinski definition) is 2. The van der Waals surface area contributed by atoms with Gasteiger partial charge in [0.2, 0.25) is 11.8 Å². The highest BCUT2D eigenvalue weighted by molar-refractivity contribution is 9.10. The summed E-state index contributed by atoms with van der Waals surface area (Å²) in [6.07, 6.45) is 5.63. The highest BCUT2D eigenvalue weighted by Crippen LogP contribution is 2.32. The maximum atomic E-state index is 12.5. The Bertz CT molecular complexity index is 1630. The van der Waals surface area contributed by atoms with Crippen LogP contribution < -0.4 is 20.9 Å². The Labute approximate surface area is 278 Å². The van der Waals surface area contributed by atoms with Gasteiger partial charge in [-0.15, -0.1) is 0 Å². The molecule has 1 unspecified atom stereocenters. The van der Waals surface area contributed by atoms with Gasteiger partial charge in [-0.05, 0) is 95.9 Å². The number of piperidine rings is 3. The highest BCUT2D eigenvalue weighted by Gasteiger charge is 2.30. The minimum Gasteiger partial charge on any atom is -0.490 e. The predicted octanol–water partition coefficient (Wildman–Crippen LogP) is 4.31. The van der Waals surface area contributed by atoms with Gasteiger partial charge in [0.1, 0.15) is 16.3 Å². The molecule has 10 nitrogen and oxygen atoms in total. The molecular formula is C35H43BrN6O4. The Hall–Kier alpha value is -3.54. The van der Waals surface area contributed by atoms with Crippen molar-refractivity contribution in [1.29, 1.82) is 0 Å². The average Bonchev–Trinajstić information content (AvgIpc) is 3.03. The number of amides is 2. The molecule has 0 saturated carbocycles. The number of likely N-dealkylation sites (N-methyl/N-ethyl adjacent to an activating group) is 1. The number of nitrogens with zero attached hydrogens (tertiary/aromatic N) is 4. The minimum absolute atomic E-state index is 0.135. The van der Waals surface area contributed by atoms with Crippen LogP contribution in [0.1, 0.15) is 66.2 Å². The molecular weight excluding hydrogens is 648 g/mol. The summed E-state index contributed by atoms with van der Waals surface area (Å²) in [6, 6.07) is 15.3. The quantitative estimate of drug-likeness (QED) is 0.337. The monoisotopic (exact) mass is 690 g/mol. The lowest BCUT2D eigenvalue weighted by molar-refractivity contribution is -0.134. The molecule has 244 valence electrons. The molecule has 3 aliphatic heterocycles. The van der Waals surface area contributed by atoms with Gasteiger partial charge in [0, 0.05) is 52.2 Å². The lowest BCUT2D eigenvalue weighted by Crippen LogP contribution is -2.43. The molecule has 46 heavy (non-hydrogen) atoms. The van der Waals surface area contributed by atoms with Gasteiger partial charge in [0.15, 0.2) is 0 Å². The third kappa shape index (κ3) is 7.53. The zero-order chi connectivity index (χ0) is 32.4.